The first-order chi connectivity index (χ1) is 13.0. The topological polar surface area (TPSA) is 63.5 Å². The van der Waals surface area contributed by atoms with Gasteiger partial charge in [0.15, 0.2) is 6.04 Å². The molecule has 27 heavy (non-hydrogen) atoms. The maximum atomic E-state index is 12.8. The Labute approximate surface area is 160 Å². The maximum Gasteiger partial charge on any atom is 0.282 e. The summed E-state index contributed by atoms with van der Waals surface area (Å²) in [6, 6.07) is 20.4. The van der Waals surface area contributed by atoms with Crippen molar-refractivity contribution in [2.75, 3.05) is 5.32 Å². The molecule has 1 atom stereocenters. The van der Waals surface area contributed by atoms with Gasteiger partial charge in [0, 0.05) is 18.2 Å². The van der Waals surface area contributed by atoms with E-state index in [1.165, 1.54) is 11.1 Å². The molecule has 5 nitrogen and oxygen atoms in total. The summed E-state index contributed by atoms with van der Waals surface area (Å²) in [6.45, 7) is 5.81. The molecule has 1 amide bonds. The average molecular weight is 363 g/mol. The van der Waals surface area contributed by atoms with Crippen LogP contribution in [0.3, 0.4) is 0 Å². The number of carbonyl (C=O) groups is 1. The zero-order chi connectivity index (χ0) is 19.4. The highest BCUT2D eigenvalue weighted by atomic mass is 16.2. The Balaban J connectivity index is 1.80. The summed E-state index contributed by atoms with van der Waals surface area (Å²) in [4.78, 5) is 12.8. The zero-order valence-electron chi connectivity index (χ0n) is 16.3. The molecule has 140 valence electrons. The number of nitrogens with one attached hydrogen (secondary N) is 1. The number of quaternary nitrogens is 1. The van der Waals surface area contributed by atoms with Crippen molar-refractivity contribution in [3.63, 3.8) is 0 Å². The van der Waals surface area contributed by atoms with Crippen LogP contribution in [0.1, 0.15) is 35.5 Å². The Morgan fingerprint density at radius 1 is 1.00 bits per heavy atom. The van der Waals surface area contributed by atoms with E-state index in [-0.39, 0.29) is 18.0 Å². The van der Waals surface area contributed by atoms with Gasteiger partial charge in [-0.3, -0.25) is 9.48 Å². The van der Waals surface area contributed by atoms with Crippen LogP contribution in [0.25, 0.3) is 0 Å². The van der Waals surface area contributed by atoms with E-state index in [0.29, 0.717) is 0 Å². The van der Waals surface area contributed by atoms with Crippen LogP contribution in [0.4, 0.5) is 5.69 Å². The van der Waals surface area contributed by atoms with Crippen LogP contribution >= 0.6 is 0 Å². The average Bonchev–Trinajstić information content (AvgIpc) is 2.93. The van der Waals surface area contributed by atoms with E-state index in [1.807, 2.05) is 64.2 Å². The number of amides is 1. The van der Waals surface area contributed by atoms with Crippen LogP contribution in [0, 0.1) is 13.8 Å². The highest BCUT2D eigenvalue weighted by Crippen LogP contribution is 2.20. The molecule has 0 saturated carbocycles. The highest BCUT2D eigenvalue weighted by molar-refractivity contribution is 5.94. The second-order valence-corrected chi connectivity index (χ2v) is 6.94. The molecule has 1 heterocycles. The quantitative estimate of drug-likeness (QED) is 0.707. The number of hydrogen-bond donors (Lipinski definition) is 2. The fourth-order valence-electron chi connectivity index (χ4n) is 3.30. The molecule has 0 spiro atoms. The molecule has 0 aliphatic heterocycles. The number of aromatic nitrogens is 2. The first-order valence-corrected chi connectivity index (χ1v) is 9.23. The molecule has 1 aromatic heterocycles. The van der Waals surface area contributed by atoms with Crippen molar-refractivity contribution in [1.82, 2.24) is 9.78 Å². The van der Waals surface area contributed by atoms with Crippen molar-refractivity contribution in [3.05, 3.63) is 83.2 Å². The Morgan fingerprint density at radius 2 is 1.52 bits per heavy atom. The molecule has 3 N–H and O–H groups in total. The van der Waals surface area contributed by atoms with Gasteiger partial charge < -0.3 is 10.6 Å². The third-order valence-electron chi connectivity index (χ3n) is 4.97. The number of benzene rings is 2. The number of carbonyl (C=O) groups excluding carboxylic acids is 1. The lowest BCUT2D eigenvalue weighted by Gasteiger charge is -2.20. The van der Waals surface area contributed by atoms with Crippen molar-refractivity contribution in [3.8, 4) is 0 Å². The number of rotatable bonds is 6. The summed E-state index contributed by atoms with van der Waals surface area (Å²) in [5.74, 6) is -0.0222. The van der Waals surface area contributed by atoms with Gasteiger partial charge in [-0.1, -0.05) is 60.7 Å². The molecule has 0 aliphatic carbocycles. The Kier molecular flexibility index (Phi) is 5.72. The third kappa shape index (κ3) is 4.26. The van der Waals surface area contributed by atoms with Crippen LogP contribution in [0.5, 0.6) is 0 Å². The van der Waals surface area contributed by atoms with Gasteiger partial charge in [0.25, 0.3) is 5.91 Å². The summed E-state index contributed by atoms with van der Waals surface area (Å²) in [7, 11) is 1.88. The second-order valence-electron chi connectivity index (χ2n) is 6.94. The molecule has 2 aromatic carbocycles. The zero-order valence-corrected chi connectivity index (χ0v) is 16.3. The molecule has 0 saturated heterocycles. The fourth-order valence-corrected chi connectivity index (χ4v) is 3.30. The summed E-state index contributed by atoms with van der Waals surface area (Å²) in [6.07, 6.45) is 0. The summed E-state index contributed by atoms with van der Waals surface area (Å²) in [5, 5.41) is 9.54. The Morgan fingerprint density at radius 3 is 1.96 bits per heavy atom. The van der Waals surface area contributed by atoms with Crippen LogP contribution < -0.4 is 10.6 Å². The normalized spacial score (nSPS) is 12.2. The summed E-state index contributed by atoms with van der Waals surface area (Å²) in [5.41, 5.74) is 4.95. The van der Waals surface area contributed by atoms with E-state index in [1.54, 1.807) is 4.68 Å². The largest absolute Gasteiger partial charge is 0.326 e. The van der Waals surface area contributed by atoms with Crippen LogP contribution in [-0.2, 0) is 11.8 Å². The molecule has 3 rings (SSSR count). The molecule has 5 heteroatoms. The van der Waals surface area contributed by atoms with Crippen molar-refractivity contribution in [1.29, 1.82) is 0 Å². The fraction of sp³-hybridized carbons (Fsp3) is 0.273. The molecule has 0 radical (unpaired) electrons. The van der Waals surface area contributed by atoms with Crippen molar-refractivity contribution in [2.45, 2.75) is 32.9 Å². The predicted molar refractivity (Wildman–Crippen MR) is 107 cm³/mol. The minimum absolute atomic E-state index is 0.0222. The number of anilines is 1. The molecular formula is C22H27N4O+. The first-order valence-electron chi connectivity index (χ1n) is 9.23. The van der Waals surface area contributed by atoms with E-state index in [9.17, 15) is 4.79 Å². The maximum absolute atomic E-state index is 12.8. The molecular weight excluding hydrogens is 336 g/mol. The number of nitrogens with two attached hydrogens (primary N) is 1. The van der Waals surface area contributed by atoms with E-state index in [4.69, 9.17) is 0 Å². The van der Waals surface area contributed by atoms with Crippen LogP contribution in [0.2, 0.25) is 0 Å². The number of hydrogen-bond acceptors (Lipinski definition) is 2. The van der Waals surface area contributed by atoms with Gasteiger partial charge in [-0.05, 0) is 20.8 Å². The van der Waals surface area contributed by atoms with Crippen molar-refractivity contribution >= 4 is 11.6 Å². The van der Waals surface area contributed by atoms with Crippen LogP contribution in [0.15, 0.2) is 60.7 Å². The minimum atomic E-state index is -0.255. The summed E-state index contributed by atoms with van der Waals surface area (Å²) >= 11 is 0. The summed E-state index contributed by atoms with van der Waals surface area (Å²) < 4.78 is 1.79. The monoisotopic (exact) mass is 363 g/mol. The van der Waals surface area contributed by atoms with Gasteiger partial charge >= 0.3 is 0 Å². The minimum Gasteiger partial charge on any atom is -0.326 e. The lowest BCUT2D eigenvalue weighted by Crippen LogP contribution is -2.92. The van der Waals surface area contributed by atoms with Gasteiger partial charge in [0.05, 0.1) is 17.1 Å². The predicted octanol–water partition coefficient (Wildman–Crippen LogP) is 2.72. The highest BCUT2D eigenvalue weighted by Gasteiger charge is 2.26. The molecule has 0 aliphatic rings. The van der Waals surface area contributed by atoms with E-state index < -0.39 is 0 Å². The SMILES string of the molecule is Cc1nn(C)c(C)c1NC(=O)[C@H](C)[NH2+]C(c1ccccc1)c1ccccc1. The third-order valence-corrected chi connectivity index (χ3v) is 4.97. The smallest absolute Gasteiger partial charge is 0.282 e. The number of nitrogens with zero attached hydrogens (tertiary/aromatic N) is 2. The van der Waals surface area contributed by atoms with Gasteiger partial charge in [-0.25, -0.2) is 0 Å². The van der Waals surface area contributed by atoms with Gasteiger partial charge in [0.1, 0.15) is 6.04 Å². The van der Waals surface area contributed by atoms with Gasteiger partial charge in [0.2, 0.25) is 0 Å². The van der Waals surface area contributed by atoms with Crippen molar-refractivity contribution in [2.24, 2.45) is 7.05 Å². The standard InChI is InChI=1S/C22H26N4O/c1-15-20(17(3)26(4)25-15)24-22(27)16(2)23-21(18-11-7-5-8-12-18)19-13-9-6-10-14-19/h5-14,16,21,23H,1-4H3,(H,24,27)/p+1/t16-/m0/s1. The molecule has 3 aromatic rings. The lowest BCUT2D eigenvalue weighted by atomic mass is 9.98. The Hall–Kier alpha value is -2.92. The molecule has 0 bridgehead atoms. The van der Waals surface area contributed by atoms with Gasteiger partial charge in [-0.15, -0.1) is 0 Å². The first kappa shape index (κ1) is 18.9. The van der Waals surface area contributed by atoms with Gasteiger partial charge in [-0.2, -0.15) is 5.10 Å². The van der Waals surface area contributed by atoms with Crippen LogP contribution in [-0.4, -0.2) is 21.7 Å². The van der Waals surface area contributed by atoms with E-state index >= 15 is 0 Å². The molecule has 0 unspecified atom stereocenters. The lowest BCUT2D eigenvalue weighted by molar-refractivity contribution is -0.704. The number of aryl methyl sites for hydroxylation is 2. The second kappa shape index (κ2) is 8.18. The molecule has 0 fully saturated rings. The van der Waals surface area contributed by atoms with E-state index in [2.05, 4.69) is 40.0 Å². The Bertz CT molecular complexity index is 863. The van der Waals surface area contributed by atoms with Crippen molar-refractivity contribution < 1.29 is 10.1 Å². The van der Waals surface area contributed by atoms with E-state index in [0.717, 1.165) is 17.1 Å².